The van der Waals surface area contributed by atoms with E-state index in [1.54, 1.807) is 30.3 Å². The molecule has 0 saturated carbocycles. The van der Waals surface area contributed by atoms with Crippen LogP contribution in [0.25, 0.3) is 10.7 Å². The van der Waals surface area contributed by atoms with E-state index >= 15 is 0 Å². The average molecular weight is 392 g/mol. The van der Waals surface area contributed by atoms with E-state index in [1.165, 1.54) is 11.3 Å². The molecule has 0 unspecified atom stereocenters. The number of hydrogen-bond donors (Lipinski definition) is 2. The van der Waals surface area contributed by atoms with Gasteiger partial charge in [-0.15, -0.1) is 6.58 Å². The van der Waals surface area contributed by atoms with Crippen LogP contribution < -0.4 is 5.32 Å². The van der Waals surface area contributed by atoms with Gasteiger partial charge in [-0.1, -0.05) is 29.0 Å². The SMILES string of the molecule is C=CCn1c(-c2sc(NC(=O)c3ccc(Cl)cc3)nc2C)n[nH]c1=S. The number of amides is 1. The molecule has 0 aliphatic rings. The Kier molecular flexibility index (Phi) is 5.12. The van der Waals surface area contributed by atoms with Gasteiger partial charge in [-0.05, 0) is 43.4 Å². The number of aromatic nitrogens is 4. The fraction of sp³-hybridized carbons (Fsp3) is 0.125. The normalized spacial score (nSPS) is 10.6. The van der Waals surface area contributed by atoms with Gasteiger partial charge >= 0.3 is 0 Å². The summed E-state index contributed by atoms with van der Waals surface area (Å²) in [5.41, 5.74) is 1.27. The highest BCUT2D eigenvalue weighted by atomic mass is 35.5. The quantitative estimate of drug-likeness (QED) is 0.497. The molecular formula is C16H14ClN5OS2. The number of anilines is 1. The van der Waals surface area contributed by atoms with Crippen LogP contribution in [-0.2, 0) is 6.54 Å². The summed E-state index contributed by atoms with van der Waals surface area (Å²) < 4.78 is 2.34. The summed E-state index contributed by atoms with van der Waals surface area (Å²) in [5, 5.41) is 10.9. The summed E-state index contributed by atoms with van der Waals surface area (Å²) in [6.07, 6.45) is 1.74. The number of benzene rings is 1. The van der Waals surface area contributed by atoms with Gasteiger partial charge in [-0.25, -0.2) is 4.98 Å². The first-order chi connectivity index (χ1) is 12.0. The van der Waals surface area contributed by atoms with Crippen molar-refractivity contribution in [3.8, 4) is 10.7 Å². The number of aromatic amines is 1. The number of nitrogens with one attached hydrogen (secondary N) is 2. The summed E-state index contributed by atoms with van der Waals surface area (Å²) in [7, 11) is 0. The van der Waals surface area contributed by atoms with Crippen LogP contribution in [-0.4, -0.2) is 25.7 Å². The molecule has 128 valence electrons. The van der Waals surface area contributed by atoms with Gasteiger partial charge < -0.3 is 0 Å². The van der Waals surface area contributed by atoms with Gasteiger partial charge in [0, 0.05) is 17.1 Å². The Morgan fingerprint density at radius 1 is 1.48 bits per heavy atom. The Morgan fingerprint density at radius 2 is 2.20 bits per heavy atom. The summed E-state index contributed by atoms with van der Waals surface area (Å²) in [4.78, 5) is 17.6. The molecule has 0 spiro atoms. The first-order valence-electron chi connectivity index (χ1n) is 7.30. The van der Waals surface area contributed by atoms with Gasteiger partial charge in [0.1, 0.15) is 0 Å². The highest BCUT2D eigenvalue weighted by Gasteiger charge is 2.17. The average Bonchev–Trinajstić information content (AvgIpc) is 3.11. The number of thiazole rings is 1. The summed E-state index contributed by atoms with van der Waals surface area (Å²) in [6, 6.07) is 6.66. The van der Waals surface area contributed by atoms with Crippen LogP contribution in [0.3, 0.4) is 0 Å². The van der Waals surface area contributed by atoms with E-state index in [-0.39, 0.29) is 5.91 Å². The fourth-order valence-electron chi connectivity index (χ4n) is 2.22. The highest BCUT2D eigenvalue weighted by Crippen LogP contribution is 2.32. The van der Waals surface area contributed by atoms with E-state index in [2.05, 4.69) is 27.1 Å². The number of hydrogen-bond acceptors (Lipinski definition) is 5. The monoisotopic (exact) mass is 391 g/mol. The Balaban J connectivity index is 1.88. The minimum Gasteiger partial charge on any atom is -0.298 e. The van der Waals surface area contributed by atoms with Crippen molar-refractivity contribution < 1.29 is 4.79 Å². The van der Waals surface area contributed by atoms with Crippen LogP contribution >= 0.6 is 35.2 Å². The largest absolute Gasteiger partial charge is 0.298 e. The van der Waals surface area contributed by atoms with Gasteiger partial charge in [-0.3, -0.25) is 19.8 Å². The summed E-state index contributed by atoms with van der Waals surface area (Å²) in [5.74, 6) is 0.425. The maximum absolute atomic E-state index is 12.3. The minimum atomic E-state index is -0.248. The molecule has 25 heavy (non-hydrogen) atoms. The number of nitrogens with zero attached hydrogens (tertiary/aromatic N) is 3. The molecule has 2 aromatic heterocycles. The number of halogens is 1. The summed E-state index contributed by atoms with van der Waals surface area (Å²) >= 11 is 12.4. The molecular weight excluding hydrogens is 378 g/mol. The van der Waals surface area contributed by atoms with Crippen molar-refractivity contribution in [2.45, 2.75) is 13.5 Å². The molecule has 2 N–H and O–H groups in total. The molecule has 0 fully saturated rings. The lowest BCUT2D eigenvalue weighted by Gasteiger charge is -2.02. The predicted octanol–water partition coefficient (Wildman–Crippen LogP) is 4.46. The van der Waals surface area contributed by atoms with Crippen LogP contribution in [0.1, 0.15) is 16.1 Å². The first kappa shape index (κ1) is 17.5. The Bertz CT molecular complexity index is 987. The van der Waals surface area contributed by atoms with Crippen molar-refractivity contribution in [2.75, 3.05) is 5.32 Å². The zero-order chi connectivity index (χ0) is 18.0. The van der Waals surface area contributed by atoms with Crippen molar-refractivity contribution in [3.63, 3.8) is 0 Å². The molecule has 0 aliphatic heterocycles. The molecule has 3 aromatic rings. The van der Waals surface area contributed by atoms with Crippen LogP contribution in [0, 0.1) is 11.7 Å². The van der Waals surface area contributed by atoms with Crippen molar-refractivity contribution in [1.29, 1.82) is 0 Å². The molecule has 2 heterocycles. The van der Waals surface area contributed by atoms with E-state index in [9.17, 15) is 4.79 Å². The maximum Gasteiger partial charge on any atom is 0.257 e. The van der Waals surface area contributed by atoms with E-state index < -0.39 is 0 Å². The van der Waals surface area contributed by atoms with Crippen LogP contribution in [0.4, 0.5) is 5.13 Å². The molecule has 0 radical (unpaired) electrons. The highest BCUT2D eigenvalue weighted by molar-refractivity contribution is 7.71. The molecule has 1 amide bonds. The van der Waals surface area contributed by atoms with Gasteiger partial charge in [-0.2, -0.15) is 5.10 Å². The van der Waals surface area contributed by atoms with E-state index in [1.807, 2.05) is 11.5 Å². The lowest BCUT2D eigenvalue weighted by atomic mass is 10.2. The fourth-order valence-corrected chi connectivity index (χ4v) is 3.51. The predicted molar refractivity (Wildman–Crippen MR) is 103 cm³/mol. The van der Waals surface area contributed by atoms with Gasteiger partial charge in [0.05, 0.1) is 10.6 Å². The van der Waals surface area contributed by atoms with E-state index in [0.717, 1.165) is 10.6 Å². The number of carbonyl (C=O) groups excluding carboxylic acids is 1. The number of aryl methyl sites for hydroxylation is 1. The molecule has 0 bridgehead atoms. The lowest BCUT2D eigenvalue weighted by Crippen LogP contribution is -2.11. The standard InChI is InChI=1S/C16H14ClN5OS2/c1-3-8-22-13(20-21-16(22)24)12-9(2)18-15(25-12)19-14(23)10-4-6-11(17)7-5-10/h3-7H,1,8H2,2H3,(H,21,24)(H,18,19,23). The van der Waals surface area contributed by atoms with E-state index in [0.29, 0.717) is 32.9 Å². The minimum absolute atomic E-state index is 0.248. The topological polar surface area (TPSA) is 75.6 Å². The first-order valence-corrected chi connectivity index (χ1v) is 8.90. The Hall–Kier alpha value is -2.29. The van der Waals surface area contributed by atoms with Crippen molar-refractivity contribution in [1.82, 2.24) is 19.7 Å². The van der Waals surface area contributed by atoms with Crippen molar-refractivity contribution in [2.24, 2.45) is 0 Å². The molecule has 9 heteroatoms. The Labute approximate surface area is 158 Å². The molecule has 0 aliphatic carbocycles. The number of H-pyrrole nitrogens is 1. The Morgan fingerprint density at radius 3 is 2.88 bits per heavy atom. The third-order valence-corrected chi connectivity index (χ3v) is 5.03. The van der Waals surface area contributed by atoms with Crippen molar-refractivity contribution in [3.05, 3.63) is 58.0 Å². The molecule has 0 saturated heterocycles. The summed E-state index contributed by atoms with van der Waals surface area (Å²) in [6.45, 7) is 6.13. The third kappa shape index (κ3) is 3.71. The second-order valence-electron chi connectivity index (χ2n) is 5.15. The second kappa shape index (κ2) is 7.30. The number of allylic oxidation sites excluding steroid dienone is 1. The van der Waals surface area contributed by atoms with Crippen LogP contribution in [0.2, 0.25) is 5.02 Å². The van der Waals surface area contributed by atoms with Gasteiger partial charge in [0.15, 0.2) is 15.7 Å². The molecule has 6 nitrogen and oxygen atoms in total. The molecule has 3 rings (SSSR count). The number of carbonyl (C=O) groups is 1. The van der Waals surface area contributed by atoms with Crippen molar-refractivity contribution >= 4 is 46.2 Å². The zero-order valence-electron chi connectivity index (χ0n) is 13.2. The van der Waals surface area contributed by atoms with Crippen LogP contribution in [0.5, 0.6) is 0 Å². The third-order valence-electron chi connectivity index (χ3n) is 3.40. The maximum atomic E-state index is 12.3. The van der Waals surface area contributed by atoms with Crippen LogP contribution in [0.15, 0.2) is 36.9 Å². The van der Waals surface area contributed by atoms with E-state index in [4.69, 9.17) is 23.8 Å². The van der Waals surface area contributed by atoms with Gasteiger partial charge in [0.25, 0.3) is 5.91 Å². The number of rotatable bonds is 5. The zero-order valence-corrected chi connectivity index (χ0v) is 15.6. The van der Waals surface area contributed by atoms with Gasteiger partial charge in [0.2, 0.25) is 0 Å². The lowest BCUT2D eigenvalue weighted by molar-refractivity contribution is 0.102. The smallest absolute Gasteiger partial charge is 0.257 e. The molecule has 1 aromatic carbocycles. The second-order valence-corrected chi connectivity index (χ2v) is 6.97. The molecule has 0 atom stereocenters.